The first-order valence-corrected chi connectivity index (χ1v) is 7.98. The van der Waals surface area contributed by atoms with Crippen molar-refractivity contribution in [3.05, 3.63) is 15.9 Å². The Morgan fingerprint density at radius 1 is 1.60 bits per heavy atom. The molecule has 1 amide bonds. The van der Waals surface area contributed by atoms with Gasteiger partial charge in [0, 0.05) is 19.7 Å². The number of rotatable bonds is 4. The topological polar surface area (TPSA) is 58.2 Å². The molecular formula is C14H22BrN3O2. The molecule has 1 N–H and O–H groups in total. The highest BCUT2D eigenvalue weighted by Gasteiger charge is 2.28. The molecule has 0 aromatic carbocycles. The van der Waals surface area contributed by atoms with Crippen LogP contribution in [0.4, 0.5) is 0 Å². The summed E-state index contributed by atoms with van der Waals surface area (Å²) in [4.78, 5) is 14.4. The second-order valence-corrected chi connectivity index (χ2v) is 6.22. The summed E-state index contributed by atoms with van der Waals surface area (Å²) in [5, 5.41) is 7.13. The van der Waals surface area contributed by atoms with E-state index in [2.05, 4.69) is 40.0 Å². The molecular weight excluding hydrogens is 322 g/mol. The number of nitrogens with zero attached hydrogens (tertiary/aromatic N) is 2. The van der Waals surface area contributed by atoms with Gasteiger partial charge in [0.15, 0.2) is 5.69 Å². The quantitative estimate of drug-likeness (QED) is 0.914. The lowest BCUT2D eigenvalue weighted by atomic mass is 10.1. The van der Waals surface area contributed by atoms with E-state index < -0.39 is 0 Å². The molecule has 1 atom stereocenters. The van der Waals surface area contributed by atoms with Gasteiger partial charge in [0.2, 0.25) is 0 Å². The van der Waals surface area contributed by atoms with Crippen LogP contribution in [0.25, 0.3) is 0 Å². The number of carbonyl (C=O) groups excluding carboxylic acids is 1. The maximum atomic E-state index is 12.6. The molecule has 0 bridgehead atoms. The molecule has 6 heteroatoms. The zero-order valence-electron chi connectivity index (χ0n) is 12.3. The largest absolute Gasteiger partial charge is 0.377 e. The molecule has 0 saturated carbocycles. The second kappa shape index (κ2) is 6.72. The van der Waals surface area contributed by atoms with E-state index in [4.69, 9.17) is 4.74 Å². The molecule has 1 unspecified atom stereocenters. The van der Waals surface area contributed by atoms with Crippen LogP contribution in [0.3, 0.4) is 0 Å². The van der Waals surface area contributed by atoms with Gasteiger partial charge in [-0.1, -0.05) is 13.8 Å². The van der Waals surface area contributed by atoms with E-state index in [0.717, 1.165) is 29.6 Å². The highest BCUT2D eigenvalue weighted by Crippen LogP contribution is 2.27. The van der Waals surface area contributed by atoms with Gasteiger partial charge >= 0.3 is 0 Å². The van der Waals surface area contributed by atoms with Gasteiger partial charge in [-0.25, -0.2) is 0 Å². The van der Waals surface area contributed by atoms with Crippen molar-refractivity contribution in [2.45, 2.75) is 45.6 Å². The highest BCUT2D eigenvalue weighted by atomic mass is 79.9. The third-order valence-electron chi connectivity index (χ3n) is 3.58. The SMILES string of the molecule is CCOC1CCCN(C(=O)c2n[nH]c(C(C)C)c2Br)C1. The highest BCUT2D eigenvalue weighted by molar-refractivity contribution is 9.10. The minimum atomic E-state index is -0.0237. The van der Waals surface area contributed by atoms with Crippen LogP contribution >= 0.6 is 15.9 Å². The summed E-state index contributed by atoms with van der Waals surface area (Å²) in [5.74, 6) is 0.278. The smallest absolute Gasteiger partial charge is 0.275 e. The number of nitrogens with one attached hydrogen (secondary N) is 1. The number of aromatic nitrogens is 2. The van der Waals surface area contributed by atoms with Crippen LogP contribution in [0.5, 0.6) is 0 Å². The van der Waals surface area contributed by atoms with Crippen LogP contribution in [0, 0.1) is 0 Å². The number of ether oxygens (including phenoxy) is 1. The number of aromatic amines is 1. The van der Waals surface area contributed by atoms with Crippen molar-refractivity contribution in [3.63, 3.8) is 0 Å². The maximum Gasteiger partial charge on any atom is 0.275 e. The lowest BCUT2D eigenvalue weighted by Crippen LogP contribution is -2.43. The van der Waals surface area contributed by atoms with Crippen molar-refractivity contribution in [2.24, 2.45) is 0 Å². The van der Waals surface area contributed by atoms with Crippen LogP contribution in [0.2, 0.25) is 0 Å². The van der Waals surface area contributed by atoms with E-state index in [1.807, 2.05) is 11.8 Å². The third kappa shape index (κ3) is 3.23. The van der Waals surface area contributed by atoms with Gasteiger partial charge in [-0.3, -0.25) is 9.89 Å². The van der Waals surface area contributed by atoms with Crippen molar-refractivity contribution in [3.8, 4) is 0 Å². The zero-order chi connectivity index (χ0) is 14.7. The minimum absolute atomic E-state index is 0.0237. The second-order valence-electron chi connectivity index (χ2n) is 5.43. The number of H-pyrrole nitrogens is 1. The molecule has 5 nitrogen and oxygen atoms in total. The molecule has 0 spiro atoms. The van der Waals surface area contributed by atoms with Gasteiger partial charge in [-0.2, -0.15) is 5.10 Å². The number of carbonyl (C=O) groups is 1. The standard InChI is InChI=1S/C14H22BrN3O2/c1-4-20-10-6-5-7-18(8-10)14(19)13-11(15)12(9(2)3)16-17-13/h9-10H,4-8H2,1-3H3,(H,16,17). The number of likely N-dealkylation sites (tertiary alicyclic amines) is 1. The predicted molar refractivity (Wildman–Crippen MR) is 80.9 cm³/mol. The first kappa shape index (κ1) is 15.5. The Kier molecular flexibility index (Phi) is 5.21. The molecule has 2 heterocycles. The number of halogens is 1. The first-order chi connectivity index (χ1) is 9.54. The van der Waals surface area contributed by atoms with Crippen molar-refractivity contribution in [1.82, 2.24) is 15.1 Å². The summed E-state index contributed by atoms with van der Waals surface area (Å²) in [6.07, 6.45) is 2.16. The van der Waals surface area contributed by atoms with E-state index in [0.29, 0.717) is 24.8 Å². The fraction of sp³-hybridized carbons (Fsp3) is 0.714. The fourth-order valence-electron chi connectivity index (χ4n) is 2.51. The fourth-order valence-corrected chi connectivity index (χ4v) is 3.32. The maximum absolute atomic E-state index is 12.6. The molecule has 112 valence electrons. The summed E-state index contributed by atoms with van der Waals surface area (Å²) in [5.41, 5.74) is 1.44. The van der Waals surface area contributed by atoms with Gasteiger partial charge in [-0.15, -0.1) is 0 Å². The Hall–Kier alpha value is -0.880. The molecule has 0 radical (unpaired) electrons. The lowest BCUT2D eigenvalue weighted by Gasteiger charge is -2.32. The predicted octanol–water partition coefficient (Wildman–Crippen LogP) is 2.94. The first-order valence-electron chi connectivity index (χ1n) is 7.19. The van der Waals surface area contributed by atoms with Crippen molar-refractivity contribution in [1.29, 1.82) is 0 Å². The van der Waals surface area contributed by atoms with Crippen LogP contribution in [0.15, 0.2) is 4.47 Å². The molecule has 1 saturated heterocycles. The summed E-state index contributed by atoms with van der Waals surface area (Å²) in [6, 6.07) is 0. The number of hydrogen-bond donors (Lipinski definition) is 1. The molecule has 2 rings (SSSR count). The normalized spacial score (nSPS) is 19.6. The van der Waals surface area contributed by atoms with E-state index >= 15 is 0 Å². The summed E-state index contributed by atoms with van der Waals surface area (Å²) < 4.78 is 6.43. The van der Waals surface area contributed by atoms with Crippen LogP contribution in [-0.4, -0.2) is 46.8 Å². The molecule has 1 aliphatic rings. The number of amides is 1. The Balaban J connectivity index is 2.11. The Morgan fingerprint density at radius 2 is 2.35 bits per heavy atom. The molecule has 0 aliphatic carbocycles. The van der Waals surface area contributed by atoms with E-state index in [-0.39, 0.29) is 12.0 Å². The number of piperidine rings is 1. The summed E-state index contributed by atoms with van der Waals surface area (Å²) in [6.45, 7) is 8.25. The third-order valence-corrected chi connectivity index (χ3v) is 4.38. The van der Waals surface area contributed by atoms with E-state index in [1.54, 1.807) is 0 Å². The molecule has 1 fully saturated rings. The van der Waals surface area contributed by atoms with Crippen molar-refractivity contribution in [2.75, 3.05) is 19.7 Å². The zero-order valence-corrected chi connectivity index (χ0v) is 13.9. The molecule has 1 aromatic rings. The van der Waals surface area contributed by atoms with E-state index in [1.165, 1.54) is 0 Å². The van der Waals surface area contributed by atoms with Crippen molar-refractivity contribution < 1.29 is 9.53 Å². The van der Waals surface area contributed by atoms with Gasteiger partial charge in [0.05, 0.1) is 16.3 Å². The van der Waals surface area contributed by atoms with Crippen LogP contribution in [-0.2, 0) is 4.74 Å². The van der Waals surface area contributed by atoms with E-state index in [9.17, 15) is 4.79 Å². The molecule has 1 aliphatic heterocycles. The average Bonchev–Trinajstić information content (AvgIpc) is 2.80. The van der Waals surface area contributed by atoms with Gasteiger partial charge < -0.3 is 9.64 Å². The lowest BCUT2D eigenvalue weighted by molar-refractivity contribution is 0.00699. The van der Waals surface area contributed by atoms with Crippen LogP contribution < -0.4 is 0 Å². The molecule has 20 heavy (non-hydrogen) atoms. The van der Waals surface area contributed by atoms with Crippen LogP contribution in [0.1, 0.15) is 55.7 Å². The van der Waals surface area contributed by atoms with Crippen molar-refractivity contribution >= 4 is 21.8 Å². The Labute approximate surface area is 128 Å². The summed E-state index contributed by atoms with van der Waals surface area (Å²) in [7, 11) is 0. The minimum Gasteiger partial charge on any atom is -0.377 e. The van der Waals surface area contributed by atoms with Gasteiger partial charge in [0.25, 0.3) is 5.91 Å². The van der Waals surface area contributed by atoms with Gasteiger partial charge in [-0.05, 0) is 41.6 Å². The monoisotopic (exact) mass is 343 g/mol. The Morgan fingerprint density at radius 3 is 2.95 bits per heavy atom. The number of hydrogen-bond acceptors (Lipinski definition) is 3. The summed E-state index contributed by atoms with van der Waals surface area (Å²) >= 11 is 3.49. The Bertz CT molecular complexity index is 471. The van der Waals surface area contributed by atoms with Gasteiger partial charge in [0.1, 0.15) is 0 Å². The molecule has 1 aromatic heterocycles. The average molecular weight is 344 g/mol.